The summed E-state index contributed by atoms with van der Waals surface area (Å²) < 4.78 is 42.1. The lowest BCUT2D eigenvalue weighted by atomic mass is 10.2. The highest BCUT2D eigenvalue weighted by molar-refractivity contribution is 9.11. The number of benzene rings is 1. The average molecular weight is 437 g/mol. The molecule has 0 aliphatic carbocycles. The normalized spacial score (nSPS) is 11.6. The Morgan fingerprint density at radius 1 is 1.28 bits per heavy atom. The molecule has 1 aromatic carbocycles. The van der Waals surface area contributed by atoms with Crippen molar-refractivity contribution in [3.63, 3.8) is 0 Å². The average Bonchev–Trinajstić information content (AvgIpc) is 2.89. The number of rotatable bonds is 7. The largest absolute Gasteiger partial charge is 0.573 e. The molecule has 4 nitrogen and oxygen atoms in total. The van der Waals surface area contributed by atoms with Gasteiger partial charge in [-0.1, -0.05) is 18.2 Å². The van der Waals surface area contributed by atoms with Crippen LogP contribution in [0.2, 0.25) is 0 Å². The molecule has 0 unspecified atom stereocenters. The first-order valence-electron chi connectivity index (χ1n) is 7.26. The van der Waals surface area contributed by atoms with Gasteiger partial charge in [-0.3, -0.25) is 9.69 Å². The number of hydrogen-bond donors (Lipinski definition) is 1. The molecule has 0 aliphatic heterocycles. The minimum absolute atomic E-state index is 0.0382. The van der Waals surface area contributed by atoms with Gasteiger partial charge in [-0.15, -0.1) is 24.5 Å². The molecule has 0 saturated carbocycles. The molecule has 2 rings (SSSR count). The van der Waals surface area contributed by atoms with Crippen molar-refractivity contribution in [2.75, 3.05) is 13.6 Å². The molecule has 1 heterocycles. The highest BCUT2D eigenvalue weighted by Crippen LogP contribution is 2.26. The number of alkyl halides is 3. The van der Waals surface area contributed by atoms with Crippen molar-refractivity contribution < 1.29 is 22.7 Å². The topological polar surface area (TPSA) is 41.6 Å². The first-order valence-corrected chi connectivity index (χ1v) is 8.87. The summed E-state index contributed by atoms with van der Waals surface area (Å²) >= 11 is 4.96. The Balaban J connectivity index is 1.85. The number of ether oxygens (including phenoxy) is 1. The third kappa shape index (κ3) is 7.05. The van der Waals surface area contributed by atoms with Crippen LogP contribution in [-0.2, 0) is 17.9 Å². The van der Waals surface area contributed by atoms with Crippen molar-refractivity contribution >= 4 is 33.2 Å². The summed E-state index contributed by atoms with van der Waals surface area (Å²) in [6.07, 6.45) is -4.77. The lowest BCUT2D eigenvalue weighted by Crippen LogP contribution is -2.34. The molecular formula is C16H16BrF3N2O2S. The first kappa shape index (κ1) is 19.7. The fraction of sp³-hybridized carbons (Fsp3) is 0.312. The summed E-state index contributed by atoms with van der Waals surface area (Å²) in [7, 11) is 1.80. The molecule has 0 aliphatic rings. The second-order valence-electron chi connectivity index (χ2n) is 5.31. The molecule has 25 heavy (non-hydrogen) atoms. The van der Waals surface area contributed by atoms with E-state index in [0.29, 0.717) is 6.54 Å². The zero-order valence-electron chi connectivity index (χ0n) is 13.3. The maximum absolute atomic E-state index is 12.4. The van der Waals surface area contributed by atoms with E-state index in [2.05, 4.69) is 26.0 Å². The predicted molar refractivity (Wildman–Crippen MR) is 93.3 cm³/mol. The number of carbonyl (C=O) groups is 1. The van der Waals surface area contributed by atoms with E-state index in [0.717, 1.165) is 8.66 Å². The zero-order valence-corrected chi connectivity index (χ0v) is 15.7. The molecule has 9 heteroatoms. The highest BCUT2D eigenvalue weighted by atomic mass is 79.9. The third-order valence-electron chi connectivity index (χ3n) is 3.14. The number of halogens is 4. The Kier molecular flexibility index (Phi) is 6.86. The lowest BCUT2D eigenvalue weighted by molar-refractivity contribution is -0.274. The van der Waals surface area contributed by atoms with E-state index in [4.69, 9.17) is 0 Å². The van der Waals surface area contributed by atoms with Gasteiger partial charge >= 0.3 is 6.36 Å². The standard InChI is InChI=1S/C16H16BrF3N2O2S/c1-22(9-12-6-7-14(17)25-12)10-15(23)21-8-11-4-2-3-5-13(11)24-16(18,19)20/h2-7H,8-10H2,1H3,(H,21,23). The van der Waals surface area contributed by atoms with Crippen LogP contribution in [0, 0.1) is 0 Å². The van der Waals surface area contributed by atoms with E-state index >= 15 is 0 Å². The van der Waals surface area contributed by atoms with Gasteiger partial charge in [-0.05, 0) is 41.2 Å². The summed E-state index contributed by atoms with van der Waals surface area (Å²) in [5.41, 5.74) is 0.262. The van der Waals surface area contributed by atoms with Gasteiger partial charge in [-0.2, -0.15) is 0 Å². The van der Waals surface area contributed by atoms with Gasteiger partial charge < -0.3 is 10.1 Å². The Morgan fingerprint density at radius 2 is 2.00 bits per heavy atom. The van der Waals surface area contributed by atoms with Crippen LogP contribution < -0.4 is 10.1 Å². The Bertz CT molecular complexity index is 721. The summed E-state index contributed by atoms with van der Waals surface area (Å²) in [6.45, 7) is 0.707. The van der Waals surface area contributed by atoms with Crippen LogP contribution in [0.1, 0.15) is 10.4 Å². The number of likely N-dealkylation sites (N-methyl/N-ethyl adjacent to an activating group) is 1. The van der Waals surface area contributed by atoms with Crippen molar-refractivity contribution in [1.29, 1.82) is 0 Å². The van der Waals surface area contributed by atoms with E-state index in [-0.39, 0.29) is 30.3 Å². The first-order chi connectivity index (χ1) is 11.7. The molecule has 0 bridgehead atoms. The maximum Gasteiger partial charge on any atom is 0.573 e. The van der Waals surface area contributed by atoms with Crippen molar-refractivity contribution in [2.45, 2.75) is 19.5 Å². The van der Waals surface area contributed by atoms with Crippen molar-refractivity contribution in [3.8, 4) is 5.75 Å². The molecule has 0 atom stereocenters. The van der Waals surface area contributed by atoms with Crippen LogP contribution in [0.15, 0.2) is 40.2 Å². The van der Waals surface area contributed by atoms with E-state index in [1.165, 1.54) is 18.2 Å². The quantitative estimate of drug-likeness (QED) is 0.708. The molecule has 1 N–H and O–H groups in total. The Morgan fingerprint density at radius 3 is 2.64 bits per heavy atom. The maximum atomic E-state index is 12.4. The highest BCUT2D eigenvalue weighted by Gasteiger charge is 2.31. The zero-order chi connectivity index (χ0) is 18.4. The molecule has 136 valence electrons. The van der Waals surface area contributed by atoms with E-state index in [9.17, 15) is 18.0 Å². The SMILES string of the molecule is CN(CC(=O)NCc1ccccc1OC(F)(F)F)Cc1ccc(Br)s1. The fourth-order valence-corrected chi connectivity index (χ4v) is 3.69. The Hall–Kier alpha value is -1.58. The smallest absolute Gasteiger partial charge is 0.405 e. The second-order valence-corrected chi connectivity index (χ2v) is 7.86. The number of para-hydroxylation sites is 1. The van der Waals surface area contributed by atoms with E-state index < -0.39 is 6.36 Å². The fourth-order valence-electron chi connectivity index (χ4n) is 2.13. The molecule has 0 spiro atoms. The predicted octanol–water partition coefficient (Wildman–Crippen LogP) is 4.16. The van der Waals surface area contributed by atoms with Gasteiger partial charge in [0.1, 0.15) is 5.75 Å². The summed E-state index contributed by atoms with van der Waals surface area (Å²) in [5, 5.41) is 2.61. The van der Waals surface area contributed by atoms with E-state index in [1.54, 1.807) is 24.5 Å². The van der Waals surface area contributed by atoms with Crippen LogP contribution in [0.5, 0.6) is 5.75 Å². The molecule has 1 amide bonds. The third-order valence-corrected chi connectivity index (χ3v) is 4.75. The monoisotopic (exact) mass is 436 g/mol. The lowest BCUT2D eigenvalue weighted by Gasteiger charge is -2.16. The summed E-state index contributed by atoms with van der Waals surface area (Å²) in [5.74, 6) is -0.591. The Labute approximate surface area is 155 Å². The van der Waals surface area contributed by atoms with Crippen molar-refractivity contribution in [3.05, 3.63) is 50.6 Å². The van der Waals surface area contributed by atoms with Gasteiger partial charge in [0, 0.05) is 23.5 Å². The number of carbonyl (C=O) groups excluding carboxylic acids is 1. The van der Waals surface area contributed by atoms with Crippen LogP contribution in [0.25, 0.3) is 0 Å². The van der Waals surface area contributed by atoms with Crippen LogP contribution >= 0.6 is 27.3 Å². The molecule has 1 aromatic heterocycles. The minimum Gasteiger partial charge on any atom is -0.405 e. The number of amides is 1. The number of thiophene rings is 1. The number of nitrogens with one attached hydrogen (secondary N) is 1. The molecule has 0 fully saturated rings. The van der Waals surface area contributed by atoms with Gasteiger partial charge in [0.15, 0.2) is 0 Å². The van der Waals surface area contributed by atoms with Crippen LogP contribution in [-0.4, -0.2) is 30.8 Å². The number of nitrogens with zero attached hydrogens (tertiary/aromatic N) is 1. The van der Waals surface area contributed by atoms with Crippen molar-refractivity contribution in [1.82, 2.24) is 10.2 Å². The second kappa shape index (κ2) is 8.68. The van der Waals surface area contributed by atoms with Crippen LogP contribution in [0.4, 0.5) is 13.2 Å². The summed E-state index contributed by atoms with van der Waals surface area (Å²) in [6, 6.07) is 9.63. The molecule has 0 saturated heterocycles. The van der Waals surface area contributed by atoms with E-state index in [1.807, 2.05) is 17.0 Å². The molecule has 0 radical (unpaired) electrons. The van der Waals surface area contributed by atoms with Gasteiger partial charge in [-0.25, -0.2) is 0 Å². The summed E-state index contributed by atoms with van der Waals surface area (Å²) in [4.78, 5) is 14.9. The van der Waals surface area contributed by atoms with Gasteiger partial charge in [0.2, 0.25) is 5.91 Å². The minimum atomic E-state index is -4.77. The van der Waals surface area contributed by atoms with Gasteiger partial charge in [0.25, 0.3) is 0 Å². The van der Waals surface area contributed by atoms with Gasteiger partial charge in [0.05, 0.1) is 10.3 Å². The molecule has 2 aromatic rings. The number of hydrogen-bond acceptors (Lipinski definition) is 4. The molecular weight excluding hydrogens is 421 g/mol. The van der Waals surface area contributed by atoms with Crippen molar-refractivity contribution in [2.24, 2.45) is 0 Å². The van der Waals surface area contributed by atoms with Crippen LogP contribution in [0.3, 0.4) is 0 Å².